The molecule has 1 heterocycles. The van der Waals surface area contributed by atoms with Gasteiger partial charge in [0.25, 0.3) is 0 Å². The van der Waals surface area contributed by atoms with Crippen LogP contribution in [0.5, 0.6) is 0 Å². The van der Waals surface area contributed by atoms with Crippen molar-refractivity contribution >= 4 is 17.5 Å². The van der Waals surface area contributed by atoms with E-state index in [1.54, 1.807) is 0 Å². The Balaban J connectivity index is 1.65. The Morgan fingerprint density at radius 1 is 1.36 bits per heavy atom. The molecule has 0 saturated heterocycles. The third-order valence-corrected chi connectivity index (χ3v) is 4.70. The molecule has 6 heteroatoms. The minimum Gasteiger partial charge on any atom is -0.299 e. The summed E-state index contributed by atoms with van der Waals surface area (Å²) in [5.74, 6) is 1.70. The lowest BCUT2D eigenvalue weighted by atomic mass is 9.78. The highest BCUT2D eigenvalue weighted by molar-refractivity contribution is 7.99. The molecule has 1 aromatic rings. The van der Waals surface area contributed by atoms with E-state index in [-0.39, 0.29) is 5.78 Å². The zero-order chi connectivity index (χ0) is 16.2. The summed E-state index contributed by atoms with van der Waals surface area (Å²) in [7, 11) is 0. The number of nitrogens with zero attached hydrogens (tertiary/aromatic N) is 1. The third-order valence-electron chi connectivity index (χ3n) is 3.63. The first-order valence-electron chi connectivity index (χ1n) is 7.13. The number of halogens is 3. The van der Waals surface area contributed by atoms with Gasteiger partial charge in [-0.2, -0.15) is 13.2 Å². The fourth-order valence-electron chi connectivity index (χ4n) is 2.36. The summed E-state index contributed by atoms with van der Waals surface area (Å²) in [5.41, 5.74) is 1.07. The Bertz CT molecular complexity index is 531. The molecular weight excluding hydrogens is 311 g/mol. The maximum atomic E-state index is 12.4. The molecular formula is C16H18F3NOS. The molecule has 0 aromatic carbocycles. The van der Waals surface area contributed by atoms with Crippen molar-refractivity contribution < 1.29 is 18.0 Å². The van der Waals surface area contributed by atoms with Gasteiger partial charge >= 0.3 is 6.18 Å². The molecule has 2 rings (SSSR count). The summed E-state index contributed by atoms with van der Waals surface area (Å²) >= 11 is 1.42. The van der Waals surface area contributed by atoms with E-state index in [9.17, 15) is 18.0 Å². The molecule has 0 atom stereocenters. The van der Waals surface area contributed by atoms with E-state index in [0.29, 0.717) is 29.4 Å². The van der Waals surface area contributed by atoms with Crippen LogP contribution in [0.3, 0.4) is 0 Å². The van der Waals surface area contributed by atoms with Crippen molar-refractivity contribution in [1.82, 2.24) is 4.98 Å². The van der Waals surface area contributed by atoms with Gasteiger partial charge in [0.05, 0.1) is 5.75 Å². The Morgan fingerprint density at radius 3 is 2.64 bits per heavy atom. The fourth-order valence-corrected chi connectivity index (χ4v) is 3.24. The zero-order valence-corrected chi connectivity index (χ0v) is 13.0. The van der Waals surface area contributed by atoms with Crippen molar-refractivity contribution in [3.8, 4) is 0 Å². The molecule has 120 valence electrons. The van der Waals surface area contributed by atoms with Gasteiger partial charge in [0.1, 0.15) is 11.5 Å². The van der Waals surface area contributed by atoms with Crippen molar-refractivity contribution in [2.45, 2.75) is 37.6 Å². The number of carbonyl (C=O) groups excluding carboxylic acids is 1. The summed E-state index contributed by atoms with van der Waals surface area (Å²) in [6, 6.07) is 2.38. The number of Topliss-reactive ketones (excluding diaryl/α,β-unsaturated/α-hetero) is 1. The number of pyridine rings is 1. The van der Waals surface area contributed by atoms with Crippen LogP contribution in [0.4, 0.5) is 13.2 Å². The van der Waals surface area contributed by atoms with Gasteiger partial charge in [-0.15, -0.1) is 11.8 Å². The second-order valence-corrected chi connectivity index (χ2v) is 6.63. The van der Waals surface area contributed by atoms with Crippen LogP contribution in [-0.4, -0.2) is 16.5 Å². The highest BCUT2D eigenvalue weighted by Gasteiger charge is 2.31. The monoisotopic (exact) mass is 329 g/mol. The molecule has 1 aliphatic carbocycles. The van der Waals surface area contributed by atoms with Gasteiger partial charge in [-0.3, -0.25) is 9.78 Å². The van der Waals surface area contributed by atoms with E-state index < -0.39 is 11.9 Å². The number of rotatable bonds is 7. The largest absolute Gasteiger partial charge is 0.433 e. The number of alkyl halides is 3. The number of allylic oxidation sites excluding steroid dienone is 1. The molecule has 22 heavy (non-hydrogen) atoms. The topological polar surface area (TPSA) is 30.0 Å². The number of carbonyl (C=O) groups is 1. The second-order valence-electron chi connectivity index (χ2n) is 5.64. The molecule has 0 aliphatic heterocycles. The second kappa shape index (κ2) is 7.31. The summed E-state index contributed by atoms with van der Waals surface area (Å²) in [5, 5.41) is 0. The minimum absolute atomic E-state index is 0.197. The van der Waals surface area contributed by atoms with E-state index in [4.69, 9.17) is 0 Å². The lowest BCUT2D eigenvalue weighted by molar-refractivity contribution is -0.141. The molecule has 0 spiro atoms. The van der Waals surface area contributed by atoms with Crippen LogP contribution in [0.1, 0.15) is 36.9 Å². The van der Waals surface area contributed by atoms with Crippen LogP contribution in [0.2, 0.25) is 0 Å². The van der Waals surface area contributed by atoms with Crippen molar-refractivity contribution in [2.75, 3.05) is 5.75 Å². The highest BCUT2D eigenvalue weighted by atomic mass is 32.2. The van der Waals surface area contributed by atoms with Gasteiger partial charge in [-0.1, -0.05) is 18.2 Å². The molecule has 1 aromatic heterocycles. The quantitative estimate of drug-likeness (QED) is 0.682. The van der Waals surface area contributed by atoms with Gasteiger partial charge < -0.3 is 0 Å². The van der Waals surface area contributed by atoms with Crippen molar-refractivity contribution in [3.63, 3.8) is 0 Å². The number of thioether (sulfide) groups is 1. The van der Waals surface area contributed by atoms with Crippen LogP contribution >= 0.6 is 11.8 Å². The van der Waals surface area contributed by atoms with Gasteiger partial charge in [0, 0.05) is 18.4 Å². The fraction of sp³-hybridized carbons (Fsp3) is 0.500. The average molecular weight is 329 g/mol. The molecule has 1 fully saturated rings. The average Bonchev–Trinajstić information content (AvgIpc) is 2.42. The third kappa shape index (κ3) is 5.16. The molecule has 1 saturated carbocycles. The van der Waals surface area contributed by atoms with E-state index in [1.165, 1.54) is 29.6 Å². The van der Waals surface area contributed by atoms with E-state index >= 15 is 0 Å². The van der Waals surface area contributed by atoms with E-state index in [0.717, 1.165) is 25.3 Å². The number of hydrogen-bond acceptors (Lipinski definition) is 3. The maximum Gasteiger partial charge on any atom is 0.433 e. The van der Waals surface area contributed by atoms with Crippen LogP contribution < -0.4 is 0 Å². The van der Waals surface area contributed by atoms with Crippen LogP contribution in [0.15, 0.2) is 30.5 Å². The first kappa shape index (κ1) is 17.1. The predicted octanol–water partition coefficient (Wildman–Crippen LogP) is 4.65. The Hall–Kier alpha value is -1.30. The molecule has 0 amide bonds. The predicted molar refractivity (Wildman–Crippen MR) is 81.5 cm³/mol. The van der Waals surface area contributed by atoms with Gasteiger partial charge in [0.15, 0.2) is 0 Å². The van der Waals surface area contributed by atoms with Crippen LogP contribution in [-0.2, 0) is 16.7 Å². The van der Waals surface area contributed by atoms with Crippen molar-refractivity contribution in [2.24, 2.45) is 5.92 Å². The van der Waals surface area contributed by atoms with Gasteiger partial charge in [0.2, 0.25) is 0 Å². The lowest BCUT2D eigenvalue weighted by Crippen LogP contribution is -2.15. The molecule has 0 radical (unpaired) electrons. The lowest BCUT2D eigenvalue weighted by Gasteiger charge is -2.27. The standard InChI is InChI=1S/C16H18F3NOS/c1-11-6-12(7-11)2-4-14(21)10-22-9-13-3-5-15(20-8-13)16(17,18)19/h3,5,8,12H,1-2,4,6-7,9-10H2. The number of aromatic nitrogens is 1. The maximum absolute atomic E-state index is 12.4. The SMILES string of the molecule is C=C1CC(CCC(=O)CSCc2ccc(C(F)(F)F)nc2)C1. The highest BCUT2D eigenvalue weighted by Crippen LogP contribution is 2.34. The van der Waals surface area contributed by atoms with Crippen LogP contribution in [0, 0.1) is 5.92 Å². The zero-order valence-electron chi connectivity index (χ0n) is 12.2. The van der Waals surface area contributed by atoms with Crippen molar-refractivity contribution in [1.29, 1.82) is 0 Å². The molecule has 2 nitrogen and oxygen atoms in total. The van der Waals surface area contributed by atoms with Gasteiger partial charge in [-0.05, 0) is 36.8 Å². The first-order valence-corrected chi connectivity index (χ1v) is 8.28. The summed E-state index contributed by atoms with van der Waals surface area (Å²) in [4.78, 5) is 15.1. The summed E-state index contributed by atoms with van der Waals surface area (Å²) in [6.07, 6.45) is 0.389. The van der Waals surface area contributed by atoms with Gasteiger partial charge in [-0.25, -0.2) is 0 Å². The van der Waals surface area contributed by atoms with E-state index in [2.05, 4.69) is 11.6 Å². The summed E-state index contributed by atoms with van der Waals surface area (Å²) in [6.45, 7) is 3.88. The van der Waals surface area contributed by atoms with E-state index in [1.807, 2.05) is 0 Å². The number of hydrogen-bond donors (Lipinski definition) is 0. The van der Waals surface area contributed by atoms with Crippen molar-refractivity contribution in [3.05, 3.63) is 41.7 Å². The molecule has 0 unspecified atom stereocenters. The Morgan fingerprint density at radius 2 is 2.09 bits per heavy atom. The normalized spacial score (nSPS) is 15.7. The molecule has 0 bridgehead atoms. The first-order chi connectivity index (χ1) is 10.3. The Kier molecular flexibility index (Phi) is 5.67. The Labute approximate surface area is 132 Å². The smallest absolute Gasteiger partial charge is 0.299 e. The van der Waals surface area contributed by atoms with Crippen LogP contribution in [0.25, 0.3) is 0 Å². The summed E-state index contributed by atoms with van der Waals surface area (Å²) < 4.78 is 37.1. The minimum atomic E-state index is -4.41. The molecule has 0 N–H and O–H groups in total. The molecule has 1 aliphatic rings. The number of ketones is 1.